The highest BCUT2D eigenvalue weighted by Crippen LogP contribution is 2.36. The molecule has 1 N–H and O–H groups in total. The number of piperidine rings is 1. The van der Waals surface area contributed by atoms with Crippen LogP contribution in [-0.4, -0.2) is 46.9 Å². The first kappa shape index (κ1) is 15.0. The smallest absolute Gasteiger partial charge is 0.410 e. The summed E-state index contributed by atoms with van der Waals surface area (Å²) in [4.78, 5) is 14.1. The van der Waals surface area contributed by atoms with E-state index < -0.39 is 5.60 Å². The van der Waals surface area contributed by atoms with Crippen molar-refractivity contribution in [2.24, 2.45) is 5.92 Å². The number of nitrogens with one attached hydrogen (secondary N) is 1. The second kappa shape index (κ2) is 5.52. The van der Waals surface area contributed by atoms with Crippen molar-refractivity contribution in [3.63, 3.8) is 0 Å². The maximum atomic E-state index is 12.2. The van der Waals surface area contributed by atoms with Crippen molar-refractivity contribution in [2.45, 2.75) is 51.0 Å². The normalized spacial score (nSPS) is 32.4. The minimum absolute atomic E-state index is 0.0572. The van der Waals surface area contributed by atoms with Gasteiger partial charge in [0.1, 0.15) is 5.60 Å². The number of nitrogens with zero attached hydrogens (tertiary/aromatic N) is 1. The quantitative estimate of drug-likeness (QED) is 0.743. The maximum Gasteiger partial charge on any atom is 0.410 e. The zero-order valence-electron chi connectivity index (χ0n) is 12.5. The number of amides is 1. The van der Waals surface area contributed by atoms with Gasteiger partial charge in [-0.05, 0) is 51.8 Å². The molecule has 2 heterocycles. The van der Waals surface area contributed by atoms with E-state index in [4.69, 9.17) is 4.74 Å². The van der Waals surface area contributed by atoms with Crippen molar-refractivity contribution in [2.75, 3.05) is 25.4 Å². The van der Waals surface area contributed by atoms with Crippen LogP contribution in [0.3, 0.4) is 0 Å². The summed E-state index contributed by atoms with van der Waals surface area (Å²) in [5.41, 5.74) is -0.413. The van der Waals surface area contributed by atoms with E-state index in [-0.39, 0.29) is 11.0 Å². The van der Waals surface area contributed by atoms with Gasteiger partial charge in [-0.25, -0.2) is 4.79 Å². The molecule has 19 heavy (non-hydrogen) atoms. The van der Waals surface area contributed by atoms with Gasteiger partial charge < -0.3 is 15.0 Å². The van der Waals surface area contributed by atoms with Crippen molar-refractivity contribution < 1.29 is 9.53 Å². The summed E-state index contributed by atoms with van der Waals surface area (Å²) in [6.07, 6.45) is 2.02. The van der Waals surface area contributed by atoms with Crippen LogP contribution >= 0.6 is 11.8 Å². The molecule has 0 aromatic rings. The fourth-order valence-corrected chi connectivity index (χ4v) is 3.98. The van der Waals surface area contributed by atoms with E-state index in [0.29, 0.717) is 5.92 Å². The van der Waals surface area contributed by atoms with Crippen molar-refractivity contribution in [3.05, 3.63) is 0 Å². The lowest BCUT2D eigenvalue weighted by atomic mass is 10.0. The molecule has 2 unspecified atom stereocenters. The predicted molar refractivity (Wildman–Crippen MR) is 79.4 cm³/mol. The van der Waals surface area contributed by atoms with Crippen LogP contribution < -0.4 is 5.32 Å². The monoisotopic (exact) mass is 286 g/mol. The largest absolute Gasteiger partial charge is 0.444 e. The molecule has 1 spiro atoms. The summed E-state index contributed by atoms with van der Waals surface area (Å²) in [6, 6.07) is 0. The van der Waals surface area contributed by atoms with Gasteiger partial charge in [0.15, 0.2) is 0 Å². The first-order valence-electron chi connectivity index (χ1n) is 7.17. The zero-order chi connectivity index (χ0) is 14.1. The van der Waals surface area contributed by atoms with Crippen LogP contribution in [0.25, 0.3) is 0 Å². The van der Waals surface area contributed by atoms with E-state index in [1.165, 1.54) is 5.75 Å². The van der Waals surface area contributed by atoms with Crippen molar-refractivity contribution in [3.8, 4) is 0 Å². The Kier molecular flexibility index (Phi) is 4.35. The van der Waals surface area contributed by atoms with Crippen LogP contribution in [0.4, 0.5) is 4.79 Å². The number of thioether (sulfide) groups is 1. The second-order valence-corrected chi connectivity index (χ2v) is 8.20. The lowest BCUT2D eigenvalue weighted by molar-refractivity contribution is 0.0168. The number of carbonyl (C=O) groups is 1. The minimum atomic E-state index is -0.413. The van der Waals surface area contributed by atoms with E-state index in [1.807, 2.05) is 37.4 Å². The highest BCUT2D eigenvalue weighted by atomic mass is 32.2. The average molecular weight is 286 g/mol. The van der Waals surface area contributed by atoms with Gasteiger partial charge in [-0.15, -0.1) is 11.8 Å². The Morgan fingerprint density at radius 3 is 2.79 bits per heavy atom. The fraction of sp³-hybridized carbons (Fsp3) is 0.929. The summed E-state index contributed by atoms with van der Waals surface area (Å²) in [6.45, 7) is 10.6. The number of hydrogen-bond donors (Lipinski definition) is 1. The summed E-state index contributed by atoms with van der Waals surface area (Å²) in [7, 11) is 0. The summed E-state index contributed by atoms with van der Waals surface area (Å²) >= 11 is 1.97. The lowest BCUT2D eigenvalue weighted by Gasteiger charge is -2.46. The third-order valence-corrected chi connectivity index (χ3v) is 5.29. The topological polar surface area (TPSA) is 41.6 Å². The minimum Gasteiger partial charge on any atom is -0.444 e. The first-order chi connectivity index (χ1) is 8.80. The Bertz CT molecular complexity index is 333. The van der Waals surface area contributed by atoms with Crippen LogP contribution in [0.5, 0.6) is 0 Å². The number of rotatable bonds is 0. The van der Waals surface area contributed by atoms with Gasteiger partial charge in [0.05, 0.1) is 11.4 Å². The molecule has 110 valence electrons. The fourth-order valence-electron chi connectivity index (χ4n) is 2.54. The highest BCUT2D eigenvalue weighted by molar-refractivity contribution is 8.00. The molecule has 0 aromatic carbocycles. The molecule has 0 radical (unpaired) electrons. The molecular weight excluding hydrogens is 260 g/mol. The Balaban J connectivity index is 1.95. The van der Waals surface area contributed by atoms with Crippen LogP contribution in [0, 0.1) is 5.92 Å². The third-order valence-electron chi connectivity index (χ3n) is 3.52. The van der Waals surface area contributed by atoms with Gasteiger partial charge in [-0.1, -0.05) is 6.92 Å². The molecule has 2 rings (SSSR count). The van der Waals surface area contributed by atoms with E-state index in [1.54, 1.807) is 0 Å². The molecule has 5 heteroatoms. The average Bonchev–Trinajstić information content (AvgIpc) is 2.32. The molecule has 2 atom stereocenters. The van der Waals surface area contributed by atoms with Crippen LogP contribution in [0.15, 0.2) is 0 Å². The molecule has 0 aliphatic carbocycles. The molecule has 2 aliphatic rings. The molecule has 2 fully saturated rings. The Morgan fingerprint density at radius 1 is 1.47 bits per heavy atom. The van der Waals surface area contributed by atoms with E-state index >= 15 is 0 Å². The number of likely N-dealkylation sites (tertiary alicyclic amines) is 1. The number of hydrogen-bond acceptors (Lipinski definition) is 4. The number of ether oxygens (including phenoxy) is 1. The van der Waals surface area contributed by atoms with E-state index in [0.717, 1.165) is 32.5 Å². The molecule has 0 bridgehead atoms. The van der Waals surface area contributed by atoms with Gasteiger partial charge in [0.25, 0.3) is 0 Å². The first-order valence-corrected chi connectivity index (χ1v) is 8.15. The summed E-state index contributed by atoms with van der Waals surface area (Å²) in [5.74, 6) is 1.89. The van der Waals surface area contributed by atoms with Gasteiger partial charge in [-0.2, -0.15) is 0 Å². The Hall–Kier alpha value is -0.420. The predicted octanol–water partition coefficient (Wildman–Crippen LogP) is 2.69. The SMILES string of the molecule is CC1CNC2(CCCN(C(=O)OC(C)(C)C)C2)SC1. The molecule has 4 nitrogen and oxygen atoms in total. The van der Waals surface area contributed by atoms with Crippen molar-refractivity contribution >= 4 is 17.9 Å². The Labute approximate surface area is 120 Å². The van der Waals surface area contributed by atoms with Crippen molar-refractivity contribution in [1.82, 2.24) is 10.2 Å². The van der Waals surface area contributed by atoms with Crippen LogP contribution in [0.1, 0.15) is 40.5 Å². The number of carbonyl (C=O) groups excluding carboxylic acids is 1. The molecule has 2 aliphatic heterocycles. The van der Waals surface area contributed by atoms with Crippen LogP contribution in [0.2, 0.25) is 0 Å². The lowest BCUT2D eigenvalue weighted by Crippen LogP contribution is -2.59. The molecular formula is C14H26N2O2S. The molecule has 0 aromatic heterocycles. The van der Waals surface area contributed by atoms with E-state index in [2.05, 4.69) is 12.2 Å². The van der Waals surface area contributed by atoms with Gasteiger partial charge in [0, 0.05) is 6.54 Å². The van der Waals surface area contributed by atoms with Gasteiger partial charge >= 0.3 is 6.09 Å². The molecule has 2 saturated heterocycles. The zero-order valence-corrected chi connectivity index (χ0v) is 13.3. The Morgan fingerprint density at radius 2 is 2.21 bits per heavy atom. The van der Waals surface area contributed by atoms with Gasteiger partial charge in [-0.3, -0.25) is 0 Å². The van der Waals surface area contributed by atoms with E-state index in [9.17, 15) is 4.79 Å². The summed E-state index contributed by atoms with van der Waals surface area (Å²) in [5, 5.41) is 3.65. The van der Waals surface area contributed by atoms with Crippen molar-refractivity contribution in [1.29, 1.82) is 0 Å². The summed E-state index contributed by atoms with van der Waals surface area (Å²) < 4.78 is 5.48. The highest BCUT2D eigenvalue weighted by Gasteiger charge is 2.40. The standard InChI is InChI=1S/C14H26N2O2S/c1-11-8-15-14(19-9-11)6-5-7-16(10-14)12(17)18-13(2,3)4/h11,15H,5-10H2,1-4H3. The van der Waals surface area contributed by atoms with Gasteiger partial charge in [0.2, 0.25) is 0 Å². The van der Waals surface area contributed by atoms with Crippen LogP contribution in [-0.2, 0) is 4.74 Å². The molecule has 0 saturated carbocycles. The molecule has 1 amide bonds. The third kappa shape index (κ3) is 4.02. The maximum absolute atomic E-state index is 12.2. The second-order valence-electron chi connectivity index (χ2n) is 6.80.